The number of likely N-dealkylation sites (N-methyl/N-ethyl adjacent to an activating group) is 1. The first-order chi connectivity index (χ1) is 8.55. The molecule has 0 saturated heterocycles. The van der Waals surface area contributed by atoms with Crippen LogP contribution in [-0.2, 0) is 19.1 Å². The van der Waals surface area contributed by atoms with Gasteiger partial charge in [-0.25, -0.2) is 0 Å². The van der Waals surface area contributed by atoms with Crippen LogP contribution in [0.25, 0.3) is 0 Å². The Bertz CT molecular complexity index is 220. The van der Waals surface area contributed by atoms with Crippen molar-refractivity contribution >= 4 is 23.5 Å². The highest BCUT2D eigenvalue weighted by Gasteiger charge is 2.06. The van der Waals surface area contributed by atoms with Crippen molar-refractivity contribution in [2.45, 2.75) is 27.7 Å². The number of esters is 2. The Labute approximate surface area is 114 Å². The predicted molar refractivity (Wildman–Crippen MR) is 71.8 cm³/mol. The number of carbonyl (C=O) groups excluding carboxylic acids is 2. The van der Waals surface area contributed by atoms with Crippen LogP contribution in [0.1, 0.15) is 27.7 Å². The highest BCUT2D eigenvalue weighted by atomic mass is 35.5. The van der Waals surface area contributed by atoms with Crippen LogP contribution in [0.5, 0.6) is 0 Å². The van der Waals surface area contributed by atoms with E-state index in [4.69, 9.17) is 16.3 Å². The Morgan fingerprint density at radius 3 is 1.67 bits per heavy atom. The van der Waals surface area contributed by atoms with Gasteiger partial charge in [0.15, 0.2) is 0 Å². The molecule has 0 aliphatic carbocycles. The molecule has 0 bridgehead atoms. The van der Waals surface area contributed by atoms with E-state index in [2.05, 4.69) is 4.74 Å². The van der Waals surface area contributed by atoms with Gasteiger partial charge in [-0.1, -0.05) is 13.8 Å². The molecule has 0 radical (unpaired) electrons. The summed E-state index contributed by atoms with van der Waals surface area (Å²) < 4.78 is 9.22. The van der Waals surface area contributed by atoms with Crippen LogP contribution in [-0.4, -0.2) is 55.6 Å². The molecule has 0 atom stereocenters. The maximum atomic E-state index is 10.9. The van der Waals surface area contributed by atoms with Crippen LogP contribution in [0.3, 0.4) is 0 Å². The van der Waals surface area contributed by atoms with E-state index >= 15 is 0 Å². The summed E-state index contributed by atoms with van der Waals surface area (Å²) >= 11 is 5.06. The zero-order valence-corrected chi connectivity index (χ0v) is 12.5. The van der Waals surface area contributed by atoms with Gasteiger partial charge in [-0.2, -0.15) is 0 Å². The number of halogens is 1. The van der Waals surface area contributed by atoms with E-state index in [9.17, 15) is 9.59 Å². The second-order valence-corrected chi connectivity index (χ2v) is 3.47. The number of hydrogen-bond donors (Lipinski definition) is 0. The van der Waals surface area contributed by atoms with Crippen molar-refractivity contribution in [3.05, 3.63) is 0 Å². The number of carbonyl (C=O) groups is 2. The molecule has 0 N–H and O–H groups in total. The fourth-order valence-electron chi connectivity index (χ4n) is 1.04. The molecule has 0 saturated carbocycles. The van der Waals surface area contributed by atoms with Gasteiger partial charge in [-0.05, 0) is 26.9 Å². The standard InChI is InChI=1S/C8H17NO2.C4H7ClO2/c1-4-9(5-2)7-8(10)11-6-3;1-2-7-4(6)3-5/h4-7H2,1-3H3;2-3H2,1H3. The molecular formula is C12H24ClNO4. The van der Waals surface area contributed by atoms with Crippen molar-refractivity contribution in [2.75, 3.05) is 38.7 Å². The average Bonchev–Trinajstić information content (AvgIpc) is 2.37. The largest absolute Gasteiger partial charge is 0.465 e. The van der Waals surface area contributed by atoms with Crippen LogP contribution >= 0.6 is 11.6 Å². The summed E-state index contributed by atoms with van der Waals surface area (Å²) in [7, 11) is 0. The lowest BCUT2D eigenvalue weighted by atomic mass is 10.5. The molecule has 0 amide bonds. The van der Waals surface area contributed by atoms with E-state index in [0.717, 1.165) is 13.1 Å². The molecule has 5 nitrogen and oxygen atoms in total. The van der Waals surface area contributed by atoms with Crippen molar-refractivity contribution in [2.24, 2.45) is 0 Å². The van der Waals surface area contributed by atoms with Gasteiger partial charge >= 0.3 is 11.9 Å². The van der Waals surface area contributed by atoms with Gasteiger partial charge in [0.2, 0.25) is 0 Å². The molecule has 0 aliphatic rings. The van der Waals surface area contributed by atoms with Crippen molar-refractivity contribution in [1.29, 1.82) is 0 Å². The molecule has 0 aromatic carbocycles. The Hall–Kier alpha value is -0.810. The van der Waals surface area contributed by atoms with Gasteiger partial charge in [0.05, 0.1) is 19.8 Å². The number of rotatable bonds is 7. The zero-order chi connectivity index (χ0) is 14.4. The van der Waals surface area contributed by atoms with Crippen LogP contribution < -0.4 is 0 Å². The second-order valence-electron chi connectivity index (χ2n) is 3.21. The summed E-state index contributed by atoms with van der Waals surface area (Å²) in [6.07, 6.45) is 0. The fraction of sp³-hybridized carbons (Fsp3) is 0.833. The molecule has 0 spiro atoms. The van der Waals surface area contributed by atoms with Gasteiger partial charge in [0.25, 0.3) is 0 Å². The summed E-state index contributed by atoms with van der Waals surface area (Å²) in [6.45, 7) is 10.7. The average molecular weight is 282 g/mol. The summed E-state index contributed by atoms with van der Waals surface area (Å²) in [6, 6.07) is 0. The van der Waals surface area contributed by atoms with Crippen LogP contribution in [0.15, 0.2) is 0 Å². The monoisotopic (exact) mass is 281 g/mol. The smallest absolute Gasteiger partial charge is 0.320 e. The third kappa shape index (κ3) is 13.3. The second kappa shape index (κ2) is 14.3. The van der Waals surface area contributed by atoms with Crippen molar-refractivity contribution in [1.82, 2.24) is 4.90 Å². The van der Waals surface area contributed by atoms with Crippen LogP contribution in [0.2, 0.25) is 0 Å². The Morgan fingerprint density at radius 2 is 1.39 bits per heavy atom. The zero-order valence-electron chi connectivity index (χ0n) is 11.7. The lowest BCUT2D eigenvalue weighted by Gasteiger charge is -2.15. The highest BCUT2D eigenvalue weighted by Crippen LogP contribution is 1.88. The van der Waals surface area contributed by atoms with E-state index in [1.807, 2.05) is 25.7 Å². The minimum absolute atomic E-state index is 0.0478. The number of hydrogen-bond acceptors (Lipinski definition) is 5. The fourth-order valence-corrected chi connectivity index (χ4v) is 1.11. The van der Waals surface area contributed by atoms with Gasteiger partial charge in [0.1, 0.15) is 5.88 Å². The van der Waals surface area contributed by atoms with E-state index < -0.39 is 0 Å². The van der Waals surface area contributed by atoms with E-state index in [1.54, 1.807) is 6.92 Å². The van der Waals surface area contributed by atoms with Gasteiger partial charge < -0.3 is 9.47 Å². The van der Waals surface area contributed by atoms with Crippen molar-refractivity contribution < 1.29 is 19.1 Å². The lowest BCUT2D eigenvalue weighted by molar-refractivity contribution is -0.144. The van der Waals surface area contributed by atoms with Crippen molar-refractivity contribution in [3.63, 3.8) is 0 Å². The minimum Gasteiger partial charge on any atom is -0.465 e. The molecule has 0 aliphatic heterocycles. The van der Waals surface area contributed by atoms with Crippen LogP contribution in [0.4, 0.5) is 0 Å². The summed E-state index contributed by atoms with van der Waals surface area (Å²) in [5.41, 5.74) is 0. The van der Waals surface area contributed by atoms with Gasteiger partial charge in [-0.3, -0.25) is 14.5 Å². The summed E-state index contributed by atoms with van der Waals surface area (Å²) in [5.74, 6) is -0.534. The molecule has 0 rings (SSSR count). The molecule has 18 heavy (non-hydrogen) atoms. The van der Waals surface area contributed by atoms with Crippen LogP contribution in [0, 0.1) is 0 Å². The lowest BCUT2D eigenvalue weighted by Crippen LogP contribution is -2.30. The molecular weight excluding hydrogens is 258 g/mol. The maximum Gasteiger partial charge on any atom is 0.320 e. The molecule has 0 unspecified atom stereocenters. The molecule has 0 aromatic heterocycles. The first-order valence-corrected chi connectivity index (χ1v) is 6.68. The topological polar surface area (TPSA) is 55.8 Å². The van der Waals surface area contributed by atoms with E-state index in [-0.39, 0.29) is 17.8 Å². The van der Waals surface area contributed by atoms with Gasteiger partial charge in [0, 0.05) is 0 Å². The highest BCUT2D eigenvalue weighted by molar-refractivity contribution is 6.26. The number of ether oxygens (including phenoxy) is 2. The Balaban J connectivity index is 0. The first-order valence-electron chi connectivity index (χ1n) is 6.15. The predicted octanol–water partition coefficient (Wildman–Crippen LogP) is 1.68. The Kier molecular flexibility index (Phi) is 15.5. The molecule has 6 heteroatoms. The number of nitrogens with zero attached hydrogens (tertiary/aromatic N) is 1. The first kappa shape index (κ1) is 19.5. The van der Waals surface area contributed by atoms with E-state index in [1.165, 1.54) is 0 Å². The molecule has 0 heterocycles. The third-order valence-corrected chi connectivity index (χ3v) is 2.19. The Morgan fingerprint density at radius 1 is 0.944 bits per heavy atom. The normalized spacial score (nSPS) is 9.44. The molecule has 108 valence electrons. The van der Waals surface area contributed by atoms with Gasteiger partial charge in [-0.15, -0.1) is 11.6 Å². The third-order valence-electron chi connectivity index (χ3n) is 1.97. The maximum absolute atomic E-state index is 10.9. The molecule has 0 fully saturated rings. The molecule has 0 aromatic rings. The number of alkyl halides is 1. The summed E-state index contributed by atoms with van der Waals surface area (Å²) in [5, 5.41) is 0. The minimum atomic E-state index is -0.357. The SMILES string of the molecule is CCOC(=O)CCl.CCOC(=O)CN(CC)CC. The summed E-state index contributed by atoms with van der Waals surface area (Å²) in [4.78, 5) is 23.0. The quantitative estimate of drug-likeness (QED) is 0.525. The van der Waals surface area contributed by atoms with E-state index in [0.29, 0.717) is 19.8 Å². The van der Waals surface area contributed by atoms with Crippen molar-refractivity contribution in [3.8, 4) is 0 Å².